The molecule has 126 valence electrons. The van der Waals surface area contributed by atoms with Crippen LogP contribution in [0.15, 0.2) is 30.3 Å². The molecule has 0 unspecified atom stereocenters. The maximum atomic E-state index is 13.1. The molecule has 1 aliphatic heterocycles. The van der Waals surface area contributed by atoms with Crippen molar-refractivity contribution in [3.8, 4) is 0 Å². The Labute approximate surface area is 136 Å². The van der Waals surface area contributed by atoms with Crippen molar-refractivity contribution in [3.05, 3.63) is 41.7 Å². The van der Waals surface area contributed by atoms with Crippen molar-refractivity contribution in [3.63, 3.8) is 0 Å². The van der Waals surface area contributed by atoms with Gasteiger partial charge in [0.05, 0.1) is 6.26 Å². The fourth-order valence-corrected chi connectivity index (χ4v) is 3.12. The first-order valence-electron chi connectivity index (χ1n) is 7.54. The number of nitrogens with zero attached hydrogens (tertiary/aromatic N) is 1. The molecule has 1 fully saturated rings. The van der Waals surface area contributed by atoms with E-state index in [0.717, 1.165) is 25.5 Å². The number of halogens is 1. The van der Waals surface area contributed by atoms with Crippen molar-refractivity contribution in [2.45, 2.75) is 25.3 Å². The largest absolute Gasteiger partial charge is 0.335 e. The van der Waals surface area contributed by atoms with Gasteiger partial charge in [-0.2, -0.15) is 0 Å². The van der Waals surface area contributed by atoms with E-state index in [1.54, 1.807) is 23.1 Å². The molecule has 0 aromatic heterocycles. The van der Waals surface area contributed by atoms with Gasteiger partial charge in [0.25, 0.3) is 0 Å². The summed E-state index contributed by atoms with van der Waals surface area (Å²) in [6, 6.07) is 5.84. The molecule has 0 aliphatic carbocycles. The molecule has 23 heavy (non-hydrogen) atoms. The molecule has 1 N–H and O–H groups in total. The van der Waals surface area contributed by atoms with Gasteiger partial charge in [-0.25, -0.2) is 17.5 Å². The Balaban J connectivity index is 2.03. The van der Waals surface area contributed by atoms with Gasteiger partial charge in [0.1, 0.15) is 5.82 Å². The molecule has 1 aliphatic rings. The van der Waals surface area contributed by atoms with Crippen LogP contribution in [-0.4, -0.2) is 44.6 Å². The lowest BCUT2D eigenvalue weighted by molar-refractivity contribution is -0.129. The first-order chi connectivity index (χ1) is 10.8. The minimum atomic E-state index is -3.28. The number of likely N-dealkylation sites (tertiary alicyclic amines) is 1. The Morgan fingerprint density at radius 3 is 2.91 bits per heavy atom. The van der Waals surface area contributed by atoms with Crippen molar-refractivity contribution in [1.82, 2.24) is 9.62 Å². The highest BCUT2D eigenvalue weighted by molar-refractivity contribution is 7.88. The maximum Gasteiger partial charge on any atom is 0.246 e. The molecular formula is C16H21FN2O3S. The summed E-state index contributed by atoms with van der Waals surface area (Å²) in [6.45, 7) is 0.820. The van der Waals surface area contributed by atoms with Gasteiger partial charge in [-0.3, -0.25) is 4.79 Å². The predicted molar refractivity (Wildman–Crippen MR) is 87.6 cm³/mol. The van der Waals surface area contributed by atoms with E-state index in [9.17, 15) is 17.6 Å². The highest BCUT2D eigenvalue weighted by Crippen LogP contribution is 2.17. The number of piperidine rings is 1. The molecule has 1 amide bonds. The summed E-state index contributed by atoms with van der Waals surface area (Å²) in [5, 5.41) is 0. The number of carbonyl (C=O) groups excluding carboxylic acids is 1. The number of sulfonamides is 1. The minimum Gasteiger partial charge on any atom is -0.335 e. The zero-order valence-corrected chi connectivity index (χ0v) is 13.9. The molecule has 0 bridgehead atoms. The molecule has 0 saturated carbocycles. The van der Waals surface area contributed by atoms with E-state index in [1.807, 2.05) is 0 Å². The predicted octanol–water partition coefficient (Wildman–Crippen LogP) is 1.77. The van der Waals surface area contributed by atoms with Crippen LogP contribution >= 0.6 is 0 Å². The zero-order chi connectivity index (χ0) is 16.9. The number of carbonyl (C=O) groups is 1. The highest BCUT2D eigenvalue weighted by atomic mass is 32.2. The van der Waals surface area contributed by atoms with Crippen molar-refractivity contribution in [2.24, 2.45) is 0 Å². The van der Waals surface area contributed by atoms with Crippen LogP contribution in [0, 0.1) is 5.82 Å². The summed E-state index contributed by atoms with van der Waals surface area (Å²) in [6.07, 6.45) is 6.71. The molecule has 1 atom stereocenters. The summed E-state index contributed by atoms with van der Waals surface area (Å²) in [4.78, 5) is 14.0. The van der Waals surface area contributed by atoms with Crippen molar-refractivity contribution in [1.29, 1.82) is 0 Å². The van der Waals surface area contributed by atoms with E-state index in [1.165, 1.54) is 18.2 Å². The molecule has 5 nitrogen and oxygen atoms in total. The maximum absolute atomic E-state index is 13.1. The molecule has 2 rings (SSSR count). The summed E-state index contributed by atoms with van der Waals surface area (Å²) in [5.74, 6) is -0.540. The average molecular weight is 340 g/mol. The summed E-state index contributed by atoms with van der Waals surface area (Å²) in [7, 11) is -3.28. The second kappa shape index (κ2) is 7.70. The van der Waals surface area contributed by atoms with Gasteiger partial charge in [0.2, 0.25) is 15.9 Å². The van der Waals surface area contributed by atoms with Crippen LogP contribution in [-0.2, 0) is 14.8 Å². The van der Waals surface area contributed by atoms with E-state index in [-0.39, 0.29) is 24.3 Å². The van der Waals surface area contributed by atoms with Crippen LogP contribution in [0.2, 0.25) is 0 Å². The Morgan fingerprint density at radius 1 is 1.43 bits per heavy atom. The SMILES string of the molecule is CS(=O)(=O)NC[C@H]1CCCCN1C(=O)/C=C/c1cccc(F)c1. The Bertz CT molecular complexity index is 688. The molecule has 7 heteroatoms. The summed E-state index contributed by atoms with van der Waals surface area (Å²) >= 11 is 0. The lowest BCUT2D eigenvalue weighted by Gasteiger charge is -2.35. The van der Waals surface area contributed by atoms with E-state index in [2.05, 4.69) is 4.72 Å². The van der Waals surface area contributed by atoms with Crippen LogP contribution in [0.5, 0.6) is 0 Å². The number of nitrogens with one attached hydrogen (secondary N) is 1. The number of hydrogen-bond acceptors (Lipinski definition) is 3. The molecule has 0 radical (unpaired) electrons. The van der Waals surface area contributed by atoms with Gasteiger partial charge in [-0.15, -0.1) is 0 Å². The van der Waals surface area contributed by atoms with E-state index >= 15 is 0 Å². The fraction of sp³-hybridized carbons (Fsp3) is 0.438. The number of rotatable bonds is 5. The topological polar surface area (TPSA) is 66.5 Å². The third kappa shape index (κ3) is 5.76. The van der Waals surface area contributed by atoms with Gasteiger partial charge < -0.3 is 4.90 Å². The molecule has 0 spiro atoms. The Morgan fingerprint density at radius 2 is 2.22 bits per heavy atom. The van der Waals surface area contributed by atoms with Crippen LogP contribution in [0.1, 0.15) is 24.8 Å². The van der Waals surface area contributed by atoms with Crippen molar-refractivity contribution >= 4 is 22.0 Å². The standard InChI is InChI=1S/C16H21FN2O3S/c1-23(21,22)18-12-15-7-2-3-10-19(15)16(20)9-8-13-5-4-6-14(17)11-13/h4-6,8-9,11,15,18H,2-3,7,10,12H2,1H3/b9-8+/t15-/m1/s1. The average Bonchev–Trinajstić information content (AvgIpc) is 2.50. The smallest absolute Gasteiger partial charge is 0.246 e. The third-order valence-electron chi connectivity index (χ3n) is 3.76. The minimum absolute atomic E-state index is 0.150. The van der Waals surface area contributed by atoms with Gasteiger partial charge in [-0.1, -0.05) is 12.1 Å². The van der Waals surface area contributed by atoms with Crippen LogP contribution in [0.4, 0.5) is 4.39 Å². The monoisotopic (exact) mass is 340 g/mol. The van der Waals surface area contributed by atoms with Gasteiger partial charge >= 0.3 is 0 Å². The van der Waals surface area contributed by atoms with Crippen LogP contribution < -0.4 is 4.72 Å². The van der Waals surface area contributed by atoms with E-state index in [4.69, 9.17) is 0 Å². The summed E-state index contributed by atoms with van der Waals surface area (Å²) in [5.41, 5.74) is 0.612. The highest BCUT2D eigenvalue weighted by Gasteiger charge is 2.25. The second-order valence-corrected chi connectivity index (χ2v) is 7.52. The van der Waals surface area contributed by atoms with E-state index in [0.29, 0.717) is 12.1 Å². The van der Waals surface area contributed by atoms with E-state index < -0.39 is 10.0 Å². The van der Waals surface area contributed by atoms with Crippen molar-refractivity contribution < 1.29 is 17.6 Å². The molecule has 1 aromatic rings. The lowest BCUT2D eigenvalue weighted by atomic mass is 10.0. The number of amides is 1. The molecule has 1 aromatic carbocycles. The van der Waals surface area contributed by atoms with Gasteiger partial charge in [-0.05, 0) is 43.0 Å². The first kappa shape index (κ1) is 17.6. The third-order valence-corrected chi connectivity index (χ3v) is 4.45. The fourth-order valence-electron chi connectivity index (χ4n) is 2.62. The summed E-state index contributed by atoms with van der Waals surface area (Å²) < 4.78 is 38.0. The normalized spacial score (nSPS) is 19.2. The van der Waals surface area contributed by atoms with Crippen LogP contribution in [0.25, 0.3) is 6.08 Å². The molecular weight excluding hydrogens is 319 g/mol. The first-order valence-corrected chi connectivity index (χ1v) is 9.43. The number of hydrogen-bond donors (Lipinski definition) is 1. The van der Waals surface area contributed by atoms with Crippen molar-refractivity contribution in [2.75, 3.05) is 19.3 Å². The second-order valence-electron chi connectivity index (χ2n) is 5.69. The van der Waals surface area contributed by atoms with Crippen LogP contribution in [0.3, 0.4) is 0 Å². The molecule has 1 saturated heterocycles. The quantitative estimate of drug-likeness (QED) is 0.831. The molecule has 1 heterocycles. The van der Waals surface area contributed by atoms with Gasteiger partial charge in [0, 0.05) is 25.2 Å². The Hall–Kier alpha value is -1.73. The number of benzene rings is 1. The van der Waals surface area contributed by atoms with Gasteiger partial charge in [0.15, 0.2) is 0 Å². The zero-order valence-electron chi connectivity index (χ0n) is 13.0. The Kier molecular flexibility index (Phi) is 5.90. The lowest BCUT2D eigenvalue weighted by Crippen LogP contribution is -2.48.